The summed E-state index contributed by atoms with van der Waals surface area (Å²) in [5.74, 6) is -0.283. The first kappa shape index (κ1) is 39.4. The van der Waals surface area contributed by atoms with Crippen LogP contribution in [-0.2, 0) is 4.79 Å². The summed E-state index contributed by atoms with van der Waals surface area (Å²) in [5, 5.41) is 33.1. The summed E-state index contributed by atoms with van der Waals surface area (Å²) in [6.07, 6.45) is 31.9. The van der Waals surface area contributed by atoms with Crippen LogP contribution >= 0.6 is 0 Å². The minimum atomic E-state index is -0.741. The van der Waals surface area contributed by atoms with Gasteiger partial charge in [0.25, 0.3) is 0 Å². The van der Waals surface area contributed by atoms with Crippen molar-refractivity contribution in [1.82, 2.24) is 5.32 Å². The van der Waals surface area contributed by atoms with Crippen LogP contribution in [0.2, 0.25) is 0 Å². The van der Waals surface area contributed by atoms with Crippen LogP contribution in [0.3, 0.4) is 0 Å². The van der Waals surface area contributed by atoms with E-state index < -0.39 is 18.2 Å². The molecular formula is C35H71NO4. The molecule has 0 aromatic rings. The van der Waals surface area contributed by atoms with E-state index in [0.717, 1.165) is 25.7 Å². The molecule has 0 fully saturated rings. The molecule has 0 rings (SSSR count). The van der Waals surface area contributed by atoms with Gasteiger partial charge in [0.1, 0.15) is 0 Å². The Kier molecular flexibility index (Phi) is 30.8. The van der Waals surface area contributed by atoms with E-state index in [0.29, 0.717) is 12.8 Å². The van der Waals surface area contributed by atoms with Crippen molar-refractivity contribution in [3.8, 4) is 0 Å². The predicted octanol–water partition coefficient (Wildman–Crippen LogP) is 9.15. The third kappa shape index (κ3) is 27.5. The summed E-state index contributed by atoms with van der Waals surface area (Å²) in [6, 6.07) is -0.649. The predicted molar refractivity (Wildman–Crippen MR) is 172 cm³/mol. The minimum Gasteiger partial charge on any atom is -0.394 e. The number of aliphatic hydroxyl groups is 3. The van der Waals surface area contributed by atoms with Gasteiger partial charge in [-0.1, -0.05) is 174 Å². The third-order valence-corrected chi connectivity index (χ3v) is 8.42. The Bertz CT molecular complexity index is 516. The highest BCUT2D eigenvalue weighted by Gasteiger charge is 2.21. The van der Waals surface area contributed by atoms with Gasteiger partial charge in [-0.2, -0.15) is 0 Å². The molecule has 0 aromatic carbocycles. The highest BCUT2D eigenvalue weighted by Crippen LogP contribution is 2.16. The van der Waals surface area contributed by atoms with Crippen molar-refractivity contribution in [3.63, 3.8) is 0 Å². The number of nitrogens with one attached hydrogen (secondary N) is 1. The molecule has 0 saturated carbocycles. The van der Waals surface area contributed by atoms with Gasteiger partial charge in [0.15, 0.2) is 0 Å². The van der Waals surface area contributed by atoms with E-state index in [9.17, 15) is 20.1 Å². The Labute approximate surface area is 249 Å². The van der Waals surface area contributed by atoms with Gasteiger partial charge in [-0.15, -0.1) is 0 Å². The lowest BCUT2D eigenvalue weighted by atomic mass is 10.0. The molecule has 4 N–H and O–H groups in total. The summed E-state index contributed by atoms with van der Waals surface area (Å²) >= 11 is 0. The van der Waals surface area contributed by atoms with Gasteiger partial charge < -0.3 is 20.6 Å². The summed E-state index contributed by atoms with van der Waals surface area (Å²) in [5.41, 5.74) is 0. The maximum atomic E-state index is 12.3. The number of aliphatic hydroxyl groups excluding tert-OH is 3. The summed E-state index contributed by atoms with van der Waals surface area (Å²) in [4.78, 5) is 12.3. The molecule has 0 aromatic heterocycles. The Morgan fingerprint density at radius 1 is 0.525 bits per heavy atom. The standard InChI is InChI=1S/C35H71NO4/c1-3-5-7-9-11-13-15-16-17-19-21-23-25-27-29-34(39)33(31-37)36-35(40)30-32(38)28-26-24-22-20-18-14-12-10-8-6-4-2/h32-34,37-39H,3-31H2,1-2H3,(H,36,40). The van der Waals surface area contributed by atoms with Crippen LogP contribution in [0.25, 0.3) is 0 Å². The van der Waals surface area contributed by atoms with Crippen LogP contribution in [0.15, 0.2) is 0 Å². The zero-order chi connectivity index (χ0) is 29.5. The Morgan fingerprint density at radius 2 is 0.850 bits per heavy atom. The Hall–Kier alpha value is -0.650. The molecule has 0 bridgehead atoms. The molecule has 0 spiro atoms. The monoisotopic (exact) mass is 570 g/mol. The molecule has 0 aliphatic rings. The minimum absolute atomic E-state index is 0.0415. The first-order valence-corrected chi connectivity index (χ1v) is 17.8. The van der Waals surface area contributed by atoms with Crippen molar-refractivity contribution < 1.29 is 20.1 Å². The molecule has 5 nitrogen and oxygen atoms in total. The van der Waals surface area contributed by atoms with Crippen molar-refractivity contribution in [2.24, 2.45) is 0 Å². The van der Waals surface area contributed by atoms with Gasteiger partial charge in [0.2, 0.25) is 5.91 Å². The van der Waals surface area contributed by atoms with Gasteiger partial charge in [0.05, 0.1) is 31.3 Å². The van der Waals surface area contributed by atoms with E-state index >= 15 is 0 Å². The lowest BCUT2D eigenvalue weighted by Gasteiger charge is -2.23. The van der Waals surface area contributed by atoms with Crippen LogP contribution in [0.1, 0.15) is 194 Å². The number of hydrogen-bond donors (Lipinski definition) is 4. The Morgan fingerprint density at radius 3 is 1.20 bits per heavy atom. The maximum absolute atomic E-state index is 12.3. The van der Waals surface area contributed by atoms with Gasteiger partial charge >= 0.3 is 0 Å². The first-order chi connectivity index (χ1) is 19.5. The third-order valence-electron chi connectivity index (χ3n) is 8.42. The second-order valence-electron chi connectivity index (χ2n) is 12.5. The number of amides is 1. The molecule has 5 heteroatoms. The highest BCUT2D eigenvalue weighted by atomic mass is 16.3. The quantitative estimate of drug-likeness (QED) is 0.0608. The van der Waals surface area contributed by atoms with Gasteiger partial charge in [0, 0.05) is 0 Å². The maximum Gasteiger partial charge on any atom is 0.222 e. The van der Waals surface area contributed by atoms with Crippen molar-refractivity contribution in [3.05, 3.63) is 0 Å². The zero-order valence-electron chi connectivity index (χ0n) is 27.0. The molecule has 0 heterocycles. The van der Waals surface area contributed by atoms with E-state index in [2.05, 4.69) is 19.2 Å². The molecule has 3 unspecified atom stereocenters. The van der Waals surface area contributed by atoms with Crippen molar-refractivity contribution in [2.75, 3.05) is 6.61 Å². The van der Waals surface area contributed by atoms with Crippen LogP contribution in [0.5, 0.6) is 0 Å². The SMILES string of the molecule is CCCCCCCCCCCCCCCCC(O)C(CO)NC(=O)CC(O)CCCCCCCCCCCCC. The number of hydrogen-bond acceptors (Lipinski definition) is 4. The van der Waals surface area contributed by atoms with Gasteiger partial charge in [-0.3, -0.25) is 4.79 Å². The zero-order valence-corrected chi connectivity index (χ0v) is 27.0. The Balaban J connectivity index is 3.67. The average molecular weight is 570 g/mol. The van der Waals surface area contributed by atoms with Crippen molar-refractivity contribution >= 4 is 5.91 Å². The number of unbranched alkanes of at least 4 members (excludes halogenated alkanes) is 23. The van der Waals surface area contributed by atoms with E-state index in [4.69, 9.17) is 0 Å². The highest BCUT2D eigenvalue weighted by molar-refractivity contribution is 5.76. The smallest absolute Gasteiger partial charge is 0.222 e. The fraction of sp³-hybridized carbons (Fsp3) is 0.971. The largest absolute Gasteiger partial charge is 0.394 e. The van der Waals surface area contributed by atoms with E-state index in [1.807, 2.05) is 0 Å². The number of rotatable bonds is 32. The molecule has 0 radical (unpaired) electrons. The fourth-order valence-electron chi connectivity index (χ4n) is 5.64. The second-order valence-corrected chi connectivity index (χ2v) is 12.5. The van der Waals surface area contributed by atoms with E-state index in [1.54, 1.807) is 0 Å². The average Bonchev–Trinajstić information content (AvgIpc) is 2.94. The molecule has 3 atom stereocenters. The van der Waals surface area contributed by atoms with Crippen molar-refractivity contribution in [1.29, 1.82) is 0 Å². The molecular weight excluding hydrogens is 498 g/mol. The van der Waals surface area contributed by atoms with Gasteiger partial charge in [-0.05, 0) is 12.8 Å². The second kappa shape index (κ2) is 31.3. The topological polar surface area (TPSA) is 89.8 Å². The number of carbonyl (C=O) groups is 1. The molecule has 0 aliphatic carbocycles. The van der Waals surface area contributed by atoms with Gasteiger partial charge in [-0.25, -0.2) is 0 Å². The lowest BCUT2D eigenvalue weighted by molar-refractivity contribution is -0.125. The number of carbonyl (C=O) groups excluding carboxylic acids is 1. The van der Waals surface area contributed by atoms with Crippen LogP contribution < -0.4 is 5.32 Å². The fourth-order valence-corrected chi connectivity index (χ4v) is 5.64. The molecule has 1 amide bonds. The van der Waals surface area contributed by atoms with E-state index in [1.165, 1.54) is 135 Å². The molecule has 240 valence electrons. The van der Waals surface area contributed by atoms with Crippen LogP contribution in [0.4, 0.5) is 0 Å². The molecule has 0 aliphatic heterocycles. The van der Waals surface area contributed by atoms with E-state index in [-0.39, 0.29) is 18.9 Å². The van der Waals surface area contributed by atoms with Crippen LogP contribution in [0, 0.1) is 0 Å². The van der Waals surface area contributed by atoms with Crippen LogP contribution in [-0.4, -0.2) is 46.1 Å². The summed E-state index contributed by atoms with van der Waals surface area (Å²) < 4.78 is 0. The first-order valence-electron chi connectivity index (χ1n) is 17.8. The summed E-state index contributed by atoms with van der Waals surface area (Å²) in [7, 11) is 0. The molecule has 0 saturated heterocycles. The summed E-state index contributed by atoms with van der Waals surface area (Å²) in [6.45, 7) is 4.24. The molecule has 40 heavy (non-hydrogen) atoms. The van der Waals surface area contributed by atoms with Crippen molar-refractivity contribution in [2.45, 2.75) is 212 Å². The lowest BCUT2D eigenvalue weighted by Crippen LogP contribution is -2.46. The normalized spacial score (nSPS) is 13.8.